The normalized spacial score (nSPS) is 24.7. The molecule has 62 valence electrons. The molecule has 2 radical (unpaired) electrons. The van der Waals surface area contributed by atoms with E-state index in [0.717, 1.165) is 4.78 Å². The number of hydrogen-bond donors (Lipinski definition) is 0. The Hall–Kier alpha value is 0.532. The third-order valence-corrected chi connectivity index (χ3v) is 3.32. The van der Waals surface area contributed by atoms with Gasteiger partial charge in [0.05, 0.1) is 0 Å². The van der Waals surface area contributed by atoms with Crippen LogP contribution in [0.2, 0.25) is 4.78 Å². The molecular weight excluding hydrogens is 147 g/mol. The van der Waals surface area contributed by atoms with Gasteiger partial charge in [0.1, 0.15) is 16.3 Å². The van der Waals surface area contributed by atoms with E-state index in [1.165, 1.54) is 57.8 Å². The van der Waals surface area contributed by atoms with Gasteiger partial charge in [-0.15, -0.1) is 4.78 Å². The Morgan fingerprint density at radius 1 is 0.636 bits per heavy atom. The molecule has 0 amide bonds. The first-order valence-corrected chi connectivity index (χ1v) is 5.82. The summed E-state index contributed by atoms with van der Waals surface area (Å²) in [5.41, 5.74) is 0. The van der Waals surface area contributed by atoms with Gasteiger partial charge in [0.25, 0.3) is 0 Å². The first-order chi connectivity index (χ1) is 5.39. The summed E-state index contributed by atoms with van der Waals surface area (Å²) >= 11 is 3.00. The van der Waals surface area contributed by atoms with Gasteiger partial charge in [0, 0.05) is 0 Å². The van der Waals surface area contributed by atoms with Gasteiger partial charge in [0.2, 0.25) is 0 Å². The van der Waals surface area contributed by atoms with Crippen LogP contribution in [-0.4, -0.2) is 16.3 Å². The summed E-state index contributed by atoms with van der Waals surface area (Å²) in [4.78, 5) is 0. The summed E-state index contributed by atoms with van der Waals surface area (Å²) < 4.78 is 0.924. The lowest BCUT2D eigenvalue weighted by Gasteiger charge is -2.13. The molecule has 0 aliphatic heterocycles. The second kappa shape index (κ2) is 6.09. The first kappa shape index (κ1) is 9.62. The fourth-order valence-electron chi connectivity index (χ4n) is 1.84. The molecule has 0 aromatic heterocycles. The van der Waals surface area contributed by atoms with Crippen molar-refractivity contribution in [3.05, 3.63) is 0 Å². The minimum absolute atomic E-state index is 0.924. The molecule has 0 heterocycles. The third kappa shape index (κ3) is 4.88. The Kier molecular flexibility index (Phi) is 5.33. The Morgan fingerprint density at radius 2 is 1.00 bits per heavy atom. The molecule has 0 spiro atoms. The van der Waals surface area contributed by atoms with Crippen LogP contribution in [0.3, 0.4) is 0 Å². The average Bonchev–Trinajstić information content (AvgIpc) is 2.03. The van der Waals surface area contributed by atoms with Crippen molar-refractivity contribution >= 4 is 16.3 Å². The van der Waals surface area contributed by atoms with Gasteiger partial charge < -0.3 is 0 Å². The quantitative estimate of drug-likeness (QED) is 0.483. The Bertz CT molecular complexity index is 80.9. The maximum absolute atomic E-state index is 3.00. The van der Waals surface area contributed by atoms with Gasteiger partial charge >= 0.3 is 0 Å². The van der Waals surface area contributed by atoms with Crippen LogP contribution in [0.25, 0.3) is 0 Å². The Morgan fingerprint density at radius 3 is 1.45 bits per heavy atom. The van der Waals surface area contributed by atoms with Crippen LogP contribution < -0.4 is 0 Å². The second-order valence-corrected chi connectivity index (χ2v) is 4.76. The summed E-state index contributed by atoms with van der Waals surface area (Å²) in [7, 11) is 0. The third-order valence-electron chi connectivity index (χ3n) is 2.65. The van der Waals surface area contributed by atoms with Gasteiger partial charge in [-0.25, -0.2) is 0 Å². The lowest BCUT2D eigenvalue weighted by molar-refractivity contribution is 0.504. The summed E-state index contributed by atoms with van der Waals surface area (Å²) in [6.45, 7) is 0. The van der Waals surface area contributed by atoms with E-state index in [0.29, 0.717) is 0 Å². The molecule has 0 N–H and O–H groups in total. The summed E-state index contributed by atoms with van der Waals surface area (Å²) in [6.07, 6.45) is 13.2. The van der Waals surface area contributed by atoms with E-state index in [2.05, 4.69) is 16.3 Å². The van der Waals surface area contributed by atoms with E-state index >= 15 is 0 Å². The van der Waals surface area contributed by atoms with E-state index in [-0.39, 0.29) is 0 Å². The maximum atomic E-state index is 3.00. The molecule has 1 aliphatic carbocycles. The molecule has 0 unspecified atom stereocenters. The lowest BCUT2D eigenvalue weighted by Crippen LogP contribution is -1.95. The molecule has 11 heavy (non-hydrogen) atoms. The van der Waals surface area contributed by atoms with Crippen molar-refractivity contribution in [3.63, 3.8) is 0 Å². The minimum Gasteiger partial charge on any atom is -0.107 e. The van der Waals surface area contributed by atoms with Crippen LogP contribution in [-0.2, 0) is 0 Å². The standard InChI is InChI=1S/C10H19.Al/c1-2-4-6-8-10-9-7-5-3-1;/h1H,2-10H2;. The van der Waals surface area contributed by atoms with Crippen molar-refractivity contribution in [1.29, 1.82) is 0 Å². The van der Waals surface area contributed by atoms with Gasteiger partial charge in [0.15, 0.2) is 0 Å². The summed E-state index contributed by atoms with van der Waals surface area (Å²) in [5.74, 6) is 0. The van der Waals surface area contributed by atoms with Gasteiger partial charge in [-0.3, -0.25) is 0 Å². The van der Waals surface area contributed by atoms with E-state index in [1.807, 2.05) is 0 Å². The highest BCUT2D eigenvalue weighted by atomic mass is 27.0. The predicted molar refractivity (Wildman–Crippen MR) is 51.1 cm³/mol. The van der Waals surface area contributed by atoms with Crippen molar-refractivity contribution in [3.8, 4) is 0 Å². The molecule has 0 aromatic rings. The highest BCUT2D eigenvalue weighted by Crippen LogP contribution is 2.22. The molecule has 1 aliphatic rings. The van der Waals surface area contributed by atoms with Crippen molar-refractivity contribution < 1.29 is 0 Å². The average molecular weight is 166 g/mol. The molecule has 0 nitrogen and oxygen atoms in total. The lowest BCUT2D eigenvalue weighted by atomic mass is 10.0. The molecule has 0 saturated heterocycles. The molecule has 0 aromatic carbocycles. The smallest absolute Gasteiger partial charge is 0.107 e. The fourth-order valence-corrected chi connectivity index (χ4v) is 2.31. The summed E-state index contributed by atoms with van der Waals surface area (Å²) in [6, 6.07) is 0. The van der Waals surface area contributed by atoms with E-state index < -0.39 is 0 Å². The van der Waals surface area contributed by atoms with Crippen LogP contribution >= 0.6 is 0 Å². The van der Waals surface area contributed by atoms with E-state index in [9.17, 15) is 0 Å². The van der Waals surface area contributed by atoms with Crippen LogP contribution in [0.1, 0.15) is 57.8 Å². The van der Waals surface area contributed by atoms with Gasteiger partial charge in [-0.2, -0.15) is 0 Å². The predicted octanol–water partition coefficient (Wildman–Crippen LogP) is 3.47. The van der Waals surface area contributed by atoms with Crippen LogP contribution in [0.15, 0.2) is 0 Å². The molecule has 0 bridgehead atoms. The maximum Gasteiger partial charge on any atom is 0.123 e. The molecule has 1 heteroatoms. The topological polar surface area (TPSA) is 0 Å². The van der Waals surface area contributed by atoms with Crippen LogP contribution in [0.4, 0.5) is 0 Å². The SMILES string of the molecule is [Al][CH]1CCCCCCCCC1. The van der Waals surface area contributed by atoms with E-state index in [1.54, 1.807) is 0 Å². The number of rotatable bonds is 0. The number of hydrogen-bond acceptors (Lipinski definition) is 0. The van der Waals surface area contributed by atoms with Crippen LogP contribution in [0.5, 0.6) is 0 Å². The van der Waals surface area contributed by atoms with Gasteiger partial charge in [-0.1, -0.05) is 57.8 Å². The molecule has 1 fully saturated rings. The van der Waals surface area contributed by atoms with E-state index in [4.69, 9.17) is 0 Å². The monoisotopic (exact) mass is 166 g/mol. The minimum atomic E-state index is 0.924. The van der Waals surface area contributed by atoms with Crippen LogP contribution in [0, 0.1) is 0 Å². The zero-order chi connectivity index (χ0) is 7.94. The zero-order valence-electron chi connectivity index (χ0n) is 7.52. The second-order valence-electron chi connectivity index (χ2n) is 3.81. The van der Waals surface area contributed by atoms with Crippen molar-refractivity contribution in [2.24, 2.45) is 0 Å². The Balaban J connectivity index is 2.12. The highest BCUT2D eigenvalue weighted by molar-refractivity contribution is 6.11. The molecule has 1 rings (SSSR count). The van der Waals surface area contributed by atoms with Crippen molar-refractivity contribution in [2.45, 2.75) is 62.6 Å². The highest BCUT2D eigenvalue weighted by Gasteiger charge is 2.02. The summed E-state index contributed by atoms with van der Waals surface area (Å²) in [5, 5.41) is 0. The largest absolute Gasteiger partial charge is 0.123 e. The van der Waals surface area contributed by atoms with Crippen molar-refractivity contribution in [2.75, 3.05) is 0 Å². The first-order valence-electron chi connectivity index (χ1n) is 5.15. The molecule has 0 atom stereocenters. The molecule has 1 saturated carbocycles. The van der Waals surface area contributed by atoms with Gasteiger partial charge in [-0.05, 0) is 0 Å². The molecular formula is C10H19Al. The Labute approximate surface area is 79.2 Å². The zero-order valence-corrected chi connectivity index (χ0v) is 8.67. The van der Waals surface area contributed by atoms with Crippen molar-refractivity contribution in [1.82, 2.24) is 0 Å². The fraction of sp³-hybridized carbons (Fsp3) is 1.00.